The summed E-state index contributed by atoms with van der Waals surface area (Å²) in [6.07, 6.45) is 1.64. The molecule has 0 aliphatic rings. The van der Waals surface area contributed by atoms with Gasteiger partial charge in [0.25, 0.3) is 5.69 Å². The fourth-order valence-corrected chi connectivity index (χ4v) is 4.34. The quantitative estimate of drug-likeness (QED) is 0.161. The van der Waals surface area contributed by atoms with Crippen LogP contribution in [0.3, 0.4) is 0 Å². The highest BCUT2D eigenvalue weighted by Gasteiger charge is 2.20. The van der Waals surface area contributed by atoms with Gasteiger partial charge < -0.3 is 10.4 Å². The van der Waals surface area contributed by atoms with Crippen molar-refractivity contribution in [3.8, 4) is 17.1 Å². The maximum absolute atomic E-state index is 12.4. The van der Waals surface area contributed by atoms with Crippen molar-refractivity contribution in [2.45, 2.75) is 11.7 Å². The van der Waals surface area contributed by atoms with Gasteiger partial charge in [-0.15, -0.1) is 16.8 Å². The Morgan fingerprint density at radius 2 is 2.00 bits per heavy atom. The lowest BCUT2D eigenvalue weighted by molar-refractivity contribution is -0.384. The molecule has 0 radical (unpaired) electrons. The van der Waals surface area contributed by atoms with Gasteiger partial charge >= 0.3 is 0 Å². The molecule has 166 valence electrons. The number of nitro groups is 1. The van der Waals surface area contributed by atoms with Crippen LogP contribution in [0.15, 0.2) is 52.6 Å². The SMILES string of the molecule is C=CCn1c(SCC(=O)Nc2c(Cl)cc([N+](=O)[O-])cc2Cl)nnc1-c1cc(Br)ccc1O. The number of rotatable bonds is 8. The molecule has 1 amide bonds. The van der Waals surface area contributed by atoms with Crippen molar-refractivity contribution in [2.24, 2.45) is 0 Å². The van der Waals surface area contributed by atoms with E-state index < -0.39 is 10.8 Å². The van der Waals surface area contributed by atoms with Crippen LogP contribution in [0.5, 0.6) is 5.75 Å². The van der Waals surface area contributed by atoms with Crippen molar-refractivity contribution in [1.29, 1.82) is 0 Å². The van der Waals surface area contributed by atoms with E-state index in [4.69, 9.17) is 23.2 Å². The number of anilines is 1. The number of hydrogen-bond donors (Lipinski definition) is 2. The first-order chi connectivity index (χ1) is 15.2. The average molecular weight is 559 g/mol. The lowest BCUT2D eigenvalue weighted by Gasteiger charge is -2.10. The number of thioether (sulfide) groups is 1. The molecule has 0 aliphatic carbocycles. The number of nitrogens with zero attached hydrogens (tertiary/aromatic N) is 4. The van der Waals surface area contributed by atoms with Crippen LogP contribution in [0.25, 0.3) is 11.4 Å². The molecular weight excluding hydrogens is 545 g/mol. The van der Waals surface area contributed by atoms with Crippen LogP contribution in [0.1, 0.15) is 0 Å². The second kappa shape index (κ2) is 10.3. The summed E-state index contributed by atoms with van der Waals surface area (Å²) in [5.74, 6) is -0.0768. The zero-order valence-electron chi connectivity index (χ0n) is 16.1. The van der Waals surface area contributed by atoms with Gasteiger partial charge in [0.05, 0.1) is 32.0 Å². The number of nitrogens with one attached hydrogen (secondary N) is 1. The van der Waals surface area contributed by atoms with Gasteiger partial charge in [0.1, 0.15) is 5.75 Å². The number of aromatic nitrogens is 3. The van der Waals surface area contributed by atoms with Gasteiger partial charge in [-0.3, -0.25) is 19.5 Å². The van der Waals surface area contributed by atoms with E-state index in [2.05, 4.69) is 38.0 Å². The largest absolute Gasteiger partial charge is 0.507 e. The van der Waals surface area contributed by atoms with Crippen molar-refractivity contribution in [3.63, 3.8) is 0 Å². The van der Waals surface area contributed by atoms with Gasteiger partial charge in [-0.05, 0) is 18.2 Å². The number of halogens is 3. The smallest absolute Gasteiger partial charge is 0.272 e. The Morgan fingerprint density at radius 3 is 2.62 bits per heavy atom. The van der Waals surface area contributed by atoms with Gasteiger partial charge in [-0.1, -0.05) is 57.0 Å². The maximum Gasteiger partial charge on any atom is 0.272 e. The van der Waals surface area contributed by atoms with Crippen LogP contribution in [-0.4, -0.2) is 36.5 Å². The van der Waals surface area contributed by atoms with E-state index in [1.807, 2.05) is 0 Å². The van der Waals surface area contributed by atoms with Crippen LogP contribution in [0.4, 0.5) is 11.4 Å². The van der Waals surface area contributed by atoms with E-state index in [1.165, 1.54) is 6.07 Å². The predicted molar refractivity (Wildman–Crippen MR) is 127 cm³/mol. The van der Waals surface area contributed by atoms with Crippen LogP contribution in [0, 0.1) is 10.1 Å². The minimum atomic E-state index is -0.633. The fourth-order valence-electron chi connectivity index (χ4n) is 2.67. The molecule has 3 aromatic rings. The molecule has 13 heteroatoms. The second-order valence-electron chi connectivity index (χ2n) is 6.25. The summed E-state index contributed by atoms with van der Waals surface area (Å²) in [6, 6.07) is 7.14. The Hall–Kier alpha value is -2.60. The highest BCUT2D eigenvalue weighted by molar-refractivity contribution is 9.10. The van der Waals surface area contributed by atoms with Gasteiger partial charge in [-0.25, -0.2) is 0 Å². The first-order valence-electron chi connectivity index (χ1n) is 8.80. The molecule has 3 rings (SSSR count). The van der Waals surface area contributed by atoms with Gasteiger partial charge in [0.2, 0.25) is 5.91 Å². The summed E-state index contributed by atoms with van der Waals surface area (Å²) in [4.78, 5) is 22.7. The Balaban J connectivity index is 1.78. The first kappa shape index (κ1) is 24.1. The Kier molecular flexibility index (Phi) is 7.77. The third-order valence-electron chi connectivity index (χ3n) is 4.06. The highest BCUT2D eigenvalue weighted by atomic mass is 79.9. The predicted octanol–water partition coefficient (Wildman–Crippen LogP) is 5.55. The normalized spacial score (nSPS) is 10.7. The van der Waals surface area contributed by atoms with Crippen LogP contribution in [0.2, 0.25) is 10.0 Å². The minimum Gasteiger partial charge on any atom is -0.507 e. The molecule has 32 heavy (non-hydrogen) atoms. The number of non-ortho nitro benzene ring substituents is 1. The van der Waals surface area contributed by atoms with Gasteiger partial charge in [-0.2, -0.15) is 0 Å². The van der Waals surface area contributed by atoms with Gasteiger partial charge in [0.15, 0.2) is 11.0 Å². The number of benzene rings is 2. The molecule has 1 aromatic heterocycles. The summed E-state index contributed by atoms with van der Waals surface area (Å²) < 4.78 is 2.46. The van der Waals surface area contributed by atoms with E-state index in [0.29, 0.717) is 23.1 Å². The molecule has 0 bridgehead atoms. The number of amides is 1. The average Bonchev–Trinajstić information content (AvgIpc) is 3.13. The molecule has 2 N–H and O–H groups in total. The lowest BCUT2D eigenvalue weighted by Crippen LogP contribution is -2.15. The molecule has 0 fully saturated rings. The van der Waals surface area contributed by atoms with Crippen molar-refractivity contribution in [1.82, 2.24) is 14.8 Å². The Labute approximate surface area is 204 Å². The number of allylic oxidation sites excluding steroid dienone is 1. The van der Waals surface area contributed by atoms with E-state index in [1.54, 1.807) is 22.8 Å². The molecule has 0 unspecified atom stereocenters. The van der Waals surface area contributed by atoms with E-state index in [9.17, 15) is 20.0 Å². The number of nitro benzene ring substituents is 1. The molecule has 1 heterocycles. The van der Waals surface area contributed by atoms with E-state index in [-0.39, 0.29) is 32.9 Å². The molecule has 0 spiro atoms. The summed E-state index contributed by atoms with van der Waals surface area (Å²) in [6.45, 7) is 4.07. The summed E-state index contributed by atoms with van der Waals surface area (Å²) >= 11 is 16.5. The number of phenolic OH excluding ortho intramolecular Hbond substituents is 1. The second-order valence-corrected chi connectivity index (χ2v) is 8.92. The molecule has 0 saturated carbocycles. The topological polar surface area (TPSA) is 123 Å². The fraction of sp³-hybridized carbons (Fsp3) is 0.105. The zero-order valence-corrected chi connectivity index (χ0v) is 20.0. The minimum absolute atomic E-state index is 0.0302. The number of carbonyl (C=O) groups is 1. The molecule has 0 aliphatic heterocycles. The number of phenols is 1. The van der Waals surface area contributed by atoms with E-state index >= 15 is 0 Å². The third-order valence-corrected chi connectivity index (χ3v) is 6.12. The highest BCUT2D eigenvalue weighted by Crippen LogP contribution is 2.35. The van der Waals surface area contributed by atoms with Crippen LogP contribution < -0.4 is 5.32 Å². The summed E-state index contributed by atoms with van der Waals surface area (Å²) in [7, 11) is 0. The molecule has 9 nitrogen and oxygen atoms in total. The van der Waals surface area contributed by atoms with Crippen molar-refractivity contribution in [3.05, 3.63) is 67.6 Å². The van der Waals surface area contributed by atoms with Crippen LogP contribution >= 0.6 is 50.9 Å². The molecule has 0 atom stereocenters. The number of aromatic hydroxyl groups is 1. The number of hydrogen-bond acceptors (Lipinski definition) is 7. The van der Waals surface area contributed by atoms with Crippen molar-refractivity contribution < 1.29 is 14.8 Å². The summed E-state index contributed by atoms with van der Waals surface area (Å²) in [5.41, 5.74) is 0.263. The van der Waals surface area contributed by atoms with Crippen molar-refractivity contribution in [2.75, 3.05) is 11.1 Å². The Bertz CT molecular complexity index is 1200. The Morgan fingerprint density at radius 1 is 1.31 bits per heavy atom. The lowest BCUT2D eigenvalue weighted by atomic mass is 10.2. The molecular formula is C19H14BrCl2N5O4S. The van der Waals surface area contributed by atoms with Crippen molar-refractivity contribution >= 4 is 68.2 Å². The monoisotopic (exact) mass is 557 g/mol. The van der Waals surface area contributed by atoms with Crippen LogP contribution in [-0.2, 0) is 11.3 Å². The maximum atomic E-state index is 12.4. The zero-order chi connectivity index (χ0) is 23.4. The van der Waals surface area contributed by atoms with E-state index in [0.717, 1.165) is 28.4 Å². The molecule has 0 saturated heterocycles. The van der Waals surface area contributed by atoms with Gasteiger partial charge in [0, 0.05) is 23.2 Å². The number of carbonyl (C=O) groups excluding carboxylic acids is 1. The third kappa shape index (κ3) is 5.41. The first-order valence-corrected chi connectivity index (χ1v) is 11.3. The standard InChI is InChI=1S/C19H14BrCl2N5O4S/c1-2-5-26-18(12-6-10(20)3-4-15(12)28)24-25-19(26)32-9-16(29)23-17-13(21)7-11(27(30)31)8-14(17)22/h2-4,6-8,28H,1,5,9H2,(H,23,29). The summed E-state index contributed by atoms with van der Waals surface area (Å²) in [5, 5.41) is 32.2. The molecule has 2 aromatic carbocycles.